The number of ether oxygens (including phenoxy) is 2. The SMILES string of the molecule is CCOC(=O)N1c2ccc(OC)nc2C(c2ncc(CCCBr)c(Cc3cc(C(F)(F)F)cc(C(F)(F)F)c3)n2)C(N)C1CC. The summed E-state index contributed by atoms with van der Waals surface area (Å²) in [7, 11) is 1.42. The van der Waals surface area contributed by atoms with Crippen LogP contribution in [-0.4, -0.2) is 52.2 Å². The fourth-order valence-electron chi connectivity index (χ4n) is 5.47. The molecule has 45 heavy (non-hydrogen) atoms. The quantitative estimate of drug-likeness (QED) is 0.188. The molecule has 2 aromatic heterocycles. The Labute approximate surface area is 264 Å². The minimum Gasteiger partial charge on any atom is -0.481 e. The van der Waals surface area contributed by atoms with Gasteiger partial charge in [0.25, 0.3) is 0 Å². The van der Waals surface area contributed by atoms with Gasteiger partial charge in [-0.1, -0.05) is 22.9 Å². The highest BCUT2D eigenvalue weighted by Gasteiger charge is 2.45. The molecule has 3 atom stereocenters. The topological polar surface area (TPSA) is 103 Å². The first-order chi connectivity index (χ1) is 21.2. The number of pyridine rings is 1. The number of benzene rings is 1. The Balaban J connectivity index is 1.88. The number of hydrogen-bond donors (Lipinski definition) is 1. The van der Waals surface area contributed by atoms with E-state index in [1.807, 2.05) is 6.92 Å². The van der Waals surface area contributed by atoms with Gasteiger partial charge in [0.2, 0.25) is 5.88 Å². The van der Waals surface area contributed by atoms with Gasteiger partial charge in [-0.15, -0.1) is 0 Å². The van der Waals surface area contributed by atoms with Gasteiger partial charge < -0.3 is 15.2 Å². The number of methoxy groups -OCH3 is 1. The molecule has 3 aromatic rings. The second-order valence-corrected chi connectivity index (χ2v) is 11.2. The number of fused-ring (bicyclic) bond motifs is 1. The highest BCUT2D eigenvalue weighted by Crippen LogP contribution is 2.42. The lowest BCUT2D eigenvalue weighted by Crippen LogP contribution is -2.57. The Morgan fingerprint density at radius 1 is 1.04 bits per heavy atom. The summed E-state index contributed by atoms with van der Waals surface area (Å²) in [6.07, 6.45) is -7.96. The average Bonchev–Trinajstić information content (AvgIpc) is 2.98. The summed E-state index contributed by atoms with van der Waals surface area (Å²) in [5.41, 5.74) is 5.29. The summed E-state index contributed by atoms with van der Waals surface area (Å²) in [6, 6.07) is 3.33. The first-order valence-corrected chi connectivity index (χ1v) is 15.3. The van der Waals surface area contributed by atoms with Crippen molar-refractivity contribution < 1.29 is 40.6 Å². The molecule has 0 saturated carbocycles. The molecule has 0 bridgehead atoms. The molecule has 0 spiro atoms. The lowest BCUT2D eigenvalue weighted by Gasteiger charge is -2.43. The zero-order valence-electron chi connectivity index (χ0n) is 24.7. The van der Waals surface area contributed by atoms with Crippen LogP contribution in [0.1, 0.15) is 72.1 Å². The Hall–Kier alpha value is -3.46. The number of amides is 1. The van der Waals surface area contributed by atoms with Gasteiger partial charge >= 0.3 is 18.4 Å². The number of aromatic nitrogens is 3. The Kier molecular flexibility index (Phi) is 10.6. The zero-order valence-corrected chi connectivity index (χ0v) is 26.3. The third kappa shape index (κ3) is 7.51. The van der Waals surface area contributed by atoms with Gasteiger partial charge in [0.15, 0.2) is 0 Å². The molecular formula is C30H32BrF6N5O3. The minimum atomic E-state index is -4.99. The van der Waals surface area contributed by atoms with Crippen LogP contribution in [0.15, 0.2) is 36.5 Å². The van der Waals surface area contributed by atoms with E-state index in [9.17, 15) is 31.1 Å². The van der Waals surface area contributed by atoms with Crippen molar-refractivity contribution in [1.82, 2.24) is 15.0 Å². The van der Waals surface area contributed by atoms with Gasteiger partial charge in [-0.3, -0.25) is 4.90 Å². The van der Waals surface area contributed by atoms with Crippen molar-refractivity contribution in [3.05, 3.63) is 76.0 Å². The summed E-state index contributed by atoms with van der Waals surface area (Å²) in [4.78, 5) is 28.4. The number of nitrogens with two attached hydrogens (primary N) is 1. The highest BCUT2D eigenvalue weighted by molar-refractivity contribution is 9.09. The number of anilines is 1. The van der Waals surface area contributed by atoms with Crippen molar-refractivity contribution in [3.63, 3.8) is 0 Å². The van der Waals surface area contributed by atoms with Crippen molar-refractivity contribution in [1.29, 1.82) is 0 Å². The normalized spacial score (nSPS) is 18.5. The van der Waals surface area contributed by atoms with Gasteiger partial charge in [0, 0.05) is 30.1 Å². The number of rotatable bonds is 9. The maximum absolute atomic E-state index is 13.6. The first kappa shape index (κ1) is 34.4. The number of aryl methyl sites for hydroxylation is 1. The van der Waals surface area contributed by atoms with E-state index in [0.717, 1.165) is 0 Å². The maximum atomic E-state index is 13.6. The Morgan fingerprint density at radius 3 is 2.27 bits per heavy atom. The summed E-state index contributed by atoms with van der Waals surface area (Å²) in [6.45, 7) is 3.64. The number of nitrogens with zero attached hydrogens (tertiary/aromatic N) is 4. The van der Waals surface area contributed by atoms with E-state index >= 15 is 0 Å². The molecule has 3 heterocycles. The predicted octanol–water partition coefficient (Wildman–Crippen LogP) is 7.05. The Morgan fingerprint density at radius 2 is 1.71 bits per heavy atom. The van der Waals surface area contributed by atoms with E-state index in [-0.39, 0.29) is 42.1 Å². The molecule has 244 valence electrons. The molecule has 0 saturated heterocycles. The smallest absolute Gasteiger partial charge is 0.416 e. The third-order valence-corrected chi connectivity index (χ3v) is 8.09. The molecule has 1 amide bonds. The van der Waals surface area contributed by atoms with Crippen LogP contribution in [0.4, 0.5) is 36.8 Å². The fraction of sp³-hybridized carbons (Fsp3) is 0.467. The highest BCUT2D eigenvalue weighted by atomic mass is 79.9. The van der Waals surface area contributed by atoms with E-state index in [0.29, 0.717) is 53.7 Å². The molecule has 4 rings (SSSR count). The second kappa shape index (κ2) is 13.9. The molecule has 3 unspecified atom stereocenters. The molecule has 2 N–H and O–H groups in total. The fourth-order valence-corrected chi connectivity index (χ4v) is 5.75. The van der Waals surface area contributed by atoms with Crippen molar-refractivity contribution in [2.45, 2.75) is 69.9 Å². The van der Waals surface area contributed by atoms with Gasteiger partial charge in [0.05, 0.1) is 53.9 Å². The number of halogens is 7. The van der Waals surface area contributed by atoms with E-state index in [2.05, 4.69) is 25.9 Å². The van der Waals surface area contributed by atoms with Crippen LogP contribution >= 0.6 is 15.9 Å². The van der Waals surface area contributed by atoms with Gasteiger partial charge in [-0.05, 0) is 61.6 Å². The molecule has 1 aliphatic rings. The lowest BCUT2D eigenvalue weighted by atomic mass is 9.82. The Bertz CT molecular complexity index is 1490. The van der Waals surface area contributed by atoms with Crippen LogP contribution < -0.4 is 15.4 Å². The monoisotopic (exact) mass is 703 g/mol. The van der Waals surface area contributed by atoms with Crippen LogP contribution in [0.3, 0.4) is 0 Å². The van der Waals surface area contributed by atoms with Crippen LogP contribution in [-0.2, 0) is 29.9 Å². The molecule has 0 aliphatic carbocycles. The van der Waals surface area contributed by atoms with Crippen molar-refractivity contribution in [3.8, 4) is 5.88 Å². The largest absolute Gasteiger partial charge is 0.481 e. The number of alkyl halides is 7. The van der Waals surface area contributed by atoms with E-state index in [4.69, 9.17) is 20.2 Å². The van der Waals surface area contributed by atoms with Crippen LogP contribution in [0, 0.1) is 0 Å². The van der Waals surface area contributed by atoms with Crippen LogP contribution in [0.25, 0.3) is 0 Å². The molecule has 15 heteroatoms. The first-order valence-electron chi connectivity index (χ1n) is 14.2. The lowest BCUT2D eigenvalue weighted by molar-refractivity contribution is -0.143. The zero-order chi connectivity index (χ0) is 33.1. The van der Waals surface area contributed by atoms with Crippen molar-refractivity contribution >= 4 is 27.7 Å². The standard InChI is InChI=1S/C30H32BrF6N5O3/c1-4-21-25(38)24(26-22(8-9-23(41-26)44-3)42(21)28(43)45-5-2)27-39-15-17(7-6-10-31)20(40-27)13-16-11-18(29(32,33)34)14-19(12-16)30(35,36)37/h8-9,11-12,14-15,21,24-25H,4-7,10,13,38H2,1-3H3. The number of carbonyl (C=O) groups is 1. The van der Waals surface area contributed by atoms with E-state index in [1.54, 1.807) is 19.1 Å². The van der Waals surface area contributed by atoms with Crippen molar-refractivity contribution in [2.75, 3.05) is 23.9 Å². The number of carbonyl (C=O) groups excluding carboxylic acids is 1. The summed E-state index contributed by atoms with van der Waals surface area (Å²) >= 11 is 3.35. The summed E-state index contributed by atoms with van der Waals surface area (Å²) < 4.78 is 92.3. The molecule has 1 aliphatic heterocycles. The molecule has 0 fully saturated rings. The van der Waals surface area contributed by atoms with Crippen molar-refractivity contribution in [2.24, 2.45) is 5.73 Å². The molecule has 8 nitrogen and oxygen atoms in total. The van der Waals surface area contributed by atoms with Crippen LogP contribution in [0.5, 0.6) is 5.88 Å². The van der Waals surface area contributed by atoms with Gasteiger partial charge in [0.1, 0.15) is 5.82 Å². The number of hydrogen-bond acceptors (Lipinski definition) is 7. The van der Waals surface area contributed by atoms with Gasteiger partial charge in [-0.25, -0.2) is 19.7 Å². The van der Waals surface area contributed by atoms with Gasteiger partial charge in [-0.2, -0.15) is 26.3 Å². The van der Waals surface area contributed by atoms with Crippen LogP contribution in [0.2, 0.25) is 0 Å². The minimum absolute atomic E-state index is 0.0951. The molecule has 1 aromatic carbocycles. The summed E-state index contributed by atoms with van der Waals surface area (Å²) in [5.74, 6) is -0.420. The maximum Gasteiger partial charge on any atom is 0.416 e. The molecular weight excluding hydrogens is 672 g/mol. The van der Waals surface area contributed by atoms with E-state index < -0.39 is 47.6 Å². The van der Waals surface area contributed by atoms with E-state index in [1.165, 1.54) is 18.2 Å². The summed E-state index contributed by atoms with van der Waals surface area (Å²) in [5, 5.41) is 0.600. The third-order valence-electron chi connectivity index (χ3n) is 7.53. The average molecular weight is 705 g/mol. The predicted molar refractivity (Wildman–Crippen MR) is 158 cm³/mol. The molecule has 0 radical (unpaired) electrons. The second-order valence-electron chi connectivity index (χ2n) is 10.4.